The molecule has 4 nitrogen and oxygen atoms in total. The second-order valence-electron chi connectivity index (χ2n) is 1.56. The summed E-state index contributed by atoms with van der Waals surface area (Å²) in [6, 6.07) is 0.321. The van der Waals surface area contributed by atoms with Crippen molar-refractivity contribution in [2.24, 2.45) is 10.3 Å². The minimum Gasteiger partial charge on any atom is -0.224 e. The SMILES string of the molecule is CC1CNNN=N1. The zero-order chi connectivity index (χ0) is 5.11. The highest BCUT2D eigenvalue weighted by atomic mass is 15.6. The Labute approximate surface area is 42.0 Å². The van der Waals surface area contributed by atoms with Crippen molar-refractivity contribution >= 4 is 0 Å². The summed E-state index contributed by atoms with van der Waals surface area (Å²) in [6.45, 7) is 2.86. The smallest absolute Gasteiger partial charge is 0.0845 e. The highest BCUT2D eigenvalue weighted by Gasteiger charge is 1.99. The van der Waals surface area contributed by atoms with Crippen molar-refractivity contribution in [2.75, 3.05) is 6.54 Å². The van der Waals surface area contributed by atoms with E-state index in [1.54, 1.807) is 0 Å². The van der Waals surface area contributed by atoms with E-state index in [4.69, 9.17) is 0 Å². The van der Waals surface area contributed by atoms with E-state index in [9.17, 15) is 0 Å². The van der Waals surface area contributed by atoms with E-state index < -0.39 is 0 Å². The molecule has 0 radical (unpaired) electrons. The van der Waals surface area contributed by atoms with Gasteiger partial charge in [0.15, 0.2) is 0 Å². The van der Waals surface area contributed by atoms with Gasteiger partial charge in [-0.2, -0.15) is 5.11 Å². The van der Waals surface area contributed by atoms with Crippen molar-refractivity contribution in [1.29, 1.82) is 0 Å². The highest BCUT2D eigenvalue weighted by molar-refractivity contribution is 4.59. The van der Waals surface area contributed by atoms with Crippen LogP contribution >= 0.6 is 0 Å². The molecule has 1 heterocycles. The summed E-state index contributed by atoms with van der Waals surface area (Å²) in [5, 5.41) is 7.30. The van der Waals surface area contributed by atoms with Crippen LogP contribution < -0.4 is 11.0 Å². The summed E-state index contributed by atoms with van der Waals surface area (Å²) in [5.74, 6) is 0. The molecule has 0 fully saturated rings. The molecule has 1 aliphatic heterocycles. The molecule has 0 saturated heterocycles. The van der Waals surface area contributed by atoms with Crippen molar-refractivity contribution in [2.45, 2.75) is 13.0 Å². The molecule has 0 aliphatic carbocycles. The van der Waals surface area contributed by atoms with E-state index in [-0.39, 0.29) is 0 Å². The predicted molar refractivity (Wildman–Crippen MR) is 25.5 cm³/mol. The van der Waals surface area contributed by atoms with Crippen LogP contribution in [0.3, 0.4) is 0 Å². The first kappa shape index (κ1) is 4.52. The molecule has 0 aromatic heterocycles. The van der Waals surface area contributed by atoms with Gasteiger partial charge in [0.2, 0.25) is 0 Å². The highest BCUT2D eigenvalue weighted by Crippen LogP contribution is 1.88. The summed E-state index contributed by atoms with van der Waals surface area (Å²) >= 11 is 0. The molecule has 40 valence electrons. The van der Waals surface area contributed by atoms with Gasteiger partial charge in [-0.3, -0.25) is 0 Å². The monoisotopic (exact) mass is 100 g/mol. The molecule has 7 heavy (non-hydrogen) atoms. The van der Waals surface area contributed by atoms with Crippen LogP contribution in [0.25, 0.3) is 0 Å². The van der Waals surface area contributed by atoms with Gasteiger partial charge >= 0.3 is 0 Å². The van der Waals surface area contributed by atoms with Gasteiger partial charge in [-0.15, -0.1) is 0 Å². The lowest BCUT2D eigenvalue weighted by Crippen LogP contribution is -2.36. The first-order valence-electron chi connectivity index (χ1n) is 2.27. The van der Waals surface area contributed by atoms with Gasteiger partial charge in [0.25, 0.3) is 0 Å². The lowest BCUT2D eigenvalue weighted by atomic mass is 10.4. The Morgan fingerprint density at radius 1 is 1.71 bits per heavy atom. The van der Waals surface area contributed by atoms with Crippen LogP contribution in [-0.2, 0) is 0 Å². The molecular formula is C3H8N4. The number of rotatable bonds is 0. The maximum absolute atomic E-state index is 3.78. The lowest BCUT2D eigenvalue weighted by Gasteiger charge is -2.10. The van der Waals surface area contributed by atoms with Gasteiger partial charge in [0.05, 0.1) is 6.04 Å². The molecule has 1 unspecified atom stereocenters. The maximum atomic E-state index is 3.78. The van der Waals surface area contributed by atoms with Crippen molar-refractivity contribution < 1.29 is 0 Å². The number of hydrogen-bond acceptors (Lipinski definition) is 4. The second kappa shape index (κ2) is 1.88. The fourth-order valence-electron chi connectivity index (χ4n) is 0.397. The van der Waals surface area contributed by atoms with E-state index in [1.807, 2.05) is 6.92 Å². The summed E-state index contributed by atoms with van der Waals surface area (Å²) in [7, 11) is 0. The molecule has 1 rings (SSSR count). The molecule has 0 amide bonds. The normalized spacial score (nSPS) is 29.6. The quantitative estimate of drug-likeness (QED) is 0.444. The van der Waals surface area contributed by atoms with Crippen LogP contribution in [0.4, 0.5) is 0 Å². The Morgan fingerprint density at radius 2 is 2.57 bits per heavy atom. The molecule has 0 aromatic rings. The maximum Gasteiger partial charge on any atom is 0.0845 e. The van der Waals surface area contributed by atoms with E-state index in [0.717, 1.165) is 6.54 Å². The Hall–Kier alpha value is -0.640. The topological polar surface area (TPSA) is 48.8 Å². The zero-order valence-electron chi connectivity index (χ0n) is 4.18. The predicted octanol–water partition coefficient (Wildman–Crippen LogP) is -0.150. The Morgan fingerprint density at radius 3 is 2.86 bits per heavy atom. The Kier molecular flexibility index (Phi) is 1.21. The molecule has 0 aromatic carbocycles. The summed E-state index contributed by atoms with van der Waals surface area (Å²) in [6.07, 6.45) is 0. The molecule has 1 aliphatic rings. The number of hydrogen-bond donors (Lipinski definition) is 2. The fourth-order valence-corrected chi connectivity index (χ4v) is 0.397. The average molecular weight is 100 g/mol. The van der Waals surface area contributed by atoms with Gasteiger partial charge < -0.3 is 0 Å². The standard InChI is InChI=1S/C3H8N4/c1-3-2-4-6-7-5-3/h3H,2H2,1H3,(H,4,7)(H,5,6). The first-order valence-corrected chi connectivity index (χ1v) is 2.27. The zero-order valence-corrected chi connectivity index (χ0v) is 4.18. The molecule has 4 heteroatoms. The molecular weight excluding hydrogens is 92.1 g/mol. The van der Waals surface area contributed by atoms with Crippen molar-refractivity contribution in [3.63, 3.8) is 0 Å². The van der Waals surface area contributed by atoms with E-state index >= 15 is 0 Å². The number of nitrogens with zero attached hydrogens (tertiary/aromatic N) is 2. The first-order chi connectivity index (χ1) is 3.39. The van der Waals surface area contributed by atoms with Crippen LogP contribution in [0.2, 0.25) is 0 Å². The van der Waals surface area contributed by atoms with Gasteiger partial charge in [0.1, 0.15) is 0 Å². The molecule has 1 atom stereocenters. The molecule has 0 saturated carbocycles. The third kappa shape index (κ3) is 1.12. The van der Waals surface area contributed by atoms with Gasteiger partial charge in [0, 0.05) is 6.54 Å². The van der Waals surface area contributed by atoms with Gasteiger partial charge in [-0.1, -0.05) is 5.22 Å². The summed E-state index contributed by atoms with van der Waals surface area (Å²) in [4.78, 5) is 0. The van der Waals surface area contributed by atoms with E-state index in [0.29, 0.717) is 6.04 Å². The minimum absolute atomic E-state index is 0.321. The van der Waals surface area contributed by atoms with E-state index in [1.165, 1.54) is 0 Å². The van der Waals surface area contributed by atoms with Crippen LogP contribution in [0.1, 0.15) is 6.92 Å². The molecule has 2 N–H and O–H groups in total. The fraction of sp³-hybridized carbons (Fsp3) is 1.00. The molecule has 0 bridgehead atoms. The second-order valence-corrected chi connectivity index (χ2v) is 1.56. The van der Waals surface area contributed by atoms with Crippen LogP contribution in [0.15, 0.2) is 10.3 Å². The van der Waals surface area contributed by atoms with Crippen LogP contribution in [0.5, 0.6) is 0 Å². The molecule has 0 spiro atoms. The van der Waals surface area contributed by atoms with Crippen LogP contribution in [-0.4, -0.2) is 12.6 Å². The minimum atomic E-state index is 0.321. The Bertz CT molecular complexity index is 79.0. The lowest BCUT2D eigenvalue weighted by molar-refractivity contribution is 0.429. The van der Waals surface area contributed by atoms with Gasteiger partial charge in [-0.05, 0) is 6.92 Å². The van der Waals surface area contributed by atoms with Crippen molar-refractivity contribution in [3.05, 3.63) is 0 Å². The van der Waals surface area contributed by atoms with Gasteiger partial charge in [-0.25, -0.2) is 11.0 Å². The number of hydrazine groups is 1. The third-order valence-electron chi connectivity index (χ3n) is 0.781. The van der Waals surface area contributed by atoms with E-state index in [2.05, 4.69) is 21.3 Å². The average Bonchev–Trinajstić information content (AvgIpc) is 1.69. The Balaban J connectivity index is 2.36. The summed E-state index contributed by atoms with van der Waals surface area (Å²) < 4.78 is 0. The van der Waals surface area contributed by atoms with Crippen molar-refractivity contribution in [3.8, 4) is 0 Å². The van der Waals surface area contributed by atoms with Crippen LogP contribution in [0, 0.1) is 0 Å². The largest absolute Gasteiger partial charge is 0.224 e. The number of nitrogens with one attached hydrogen (secondary N) is 2. The summed E-state index contributed by atoms with van der Waals surface area (Å²) in [5.41, 5.74) is 5.35. The third-order valence-corrected chi connectivity index (χ3v) is 0.781. The van der Waals surface area contributed by atoms with Crippen molar-refractivity contribution in [1.82, 2.24) is 11.0 Å².